The van der Waals surface area contributed by atoms with Gasteiger partial charge in [0.05, 0.1) is 0 Å². The molecule has 0 aromatic carbocycles. The monoisotopic (exact) mass is 182 g/mol. The highest BCUT2D eigenvalue weighted by Gasteiger charge is 2.47. The summed E-state index contributed by atoms with van der Waals surface area (Å²) in [6.07, 6.45) is 5.53. The second-order valence-electron chi connectivity index (χ2n) is 4.45. The molecule has 74 valence electrons. The second kappa shape index (κ2) is 3.29. The number of nitrogens with zero attached hydrogens (tertiary/aromatic N) is 1. The molecule has 3 nitrogen and oxygen atoms in total. The Morgan fingerprint density at radius 3 is 2.69 bits per heavy atom. The van der Waals surface area contributed by atoms with Gasteiger partial charge in [0.2, 0.25) is 5.91 Å². The van der Waals surface area contributed by atoms with E-state index in [-0.39, 0.29) is 0 Å². The fourth-order valence-corrected chi connectivity index (χ4v) is 2.14. The Labute approximate surface area is 79.3 Å². The van der Waals surface area contributed by atoms with Crippen LogP contribution in [0.1, 0.15) is 32.1 Å². The van der Waals surface area contributed by atoms with E-state index in [0.717, 1.165) is 25.9 Å². The summed E-state index contributed by atoms with van der Waals surface area (Å²) in [6, 6.07) is 0. The lowest BCUT2D eigenvalue weighted by atomic mass is 9.93. The summed E-state index contributed by atoms with van der Waals surface area (Å²) in [6.45, 7) is 2.53. The predicted molar refractivity (Wildman–Crippen MR) is 51.2 cm³/mol. The van der Waals surface area contributed by atoms with Gasteiger partial charge in [-0.2, -0.15) is 0 Å². The van der Waals surface area contributed by atoms with Crippen LogP contribution in [0.15, 0.2) is 0 Å². The van der Waals surface area contributed by atoms with E-state index in [4.69, 9.17) is 5.73 Å². The minimum absolute atomic E-state index is 0.359. The molecule has 1 saturated heterocycles. The molecule has 2 aliphatic rings. The van der Waals surface area contributed by atoms with Crippen molar-refractivity contribution in [1.82, 2.24) is 4.90 Å². The van der Waals surface area contributed by atoms with E-state index >= 15 is 0 Å². The van der Waals surface area contributed by atoms with Crippen LogP contribution < -0.4 is 5.73 Å². The van der Waals surface area contributed by atoms with Gasteiger partial charge in [-0.05, 0) is 37.6 Å². The summed E-state index contributed by atoms with van der Waals surface area (Å²) < 4.78 is 0. The van der Waals surface area contributed by atoms with Crippen molar-refractivity contribution in [2.75, 3.05) is 19.6 Å². The van der Waals surface area contributed by atoms with E-state index < -0.39 is 0 Å². The number of carbonyl (C=O) groups excluding carboxylic acids is 1. The smallest absolute Gasteiger partial charge is 0.223 e. The fourth-order valence-electron chi connectivity index (χ4n) is 2.14. The lowest BCUT2D eigenvalue weighted by Gasteiger charge is -2.31. The normalized spacial score (nSPS) is 25.3. The third kappa shape index (κ3) is 1.85. The Hall–Kier alpha value is -0.570. The minimum Gasteiger partial charge on any atom is -0.343 e. The molecule has 0 bridgehead atoms. The van der Waals surface area contributed by atoms with Gasteiger partial charge in [-0.3, -0.25) is 4.79 Å². The van der Waals surface area contributed by atoms with Crippen LogP contribution in [0.5, 0.6) is 0 Å². The van der Waals surface area contributed by atoms with Crippen LogP contribution in [0.2, 0.25) is 0 Å². The highest BCUT2D eigenvalue weighted by molar-refractivity contribution is 5.78. The van der Waals surface area contributed by atoms with E-state index in [1.54, 1.807) is 0 Å². The molecule has 0 radical (unpaired) electrons. The quantitative estimate of drug-likeness (QED) is 0.699. The van der Waals surface area contributed by atoms with Crippen LogP contribution in [-0.2, 0) is 4.79 Å². The summed E-state index contributed by atoms with van der Waals surface area (Å²) in [5, 5.41) is 0. The Morgan fingerprint density at radius 1 is 1.38 bits per heavy atom. The van der Waals surface area contributed by atoms with Crippen LogP contribution in [-0.4, -0.2) is 30.4 Å². The van der Waals surface area contributed by atoms with Gasteiger partial charge in [0.25, 0.3) is 0 Å². The van der Waals surface area contributed by atoms with Gasteiger partial charge < -0.3 is 10.6 Å². The van der Waals surface area contributed by atoms with E-state index in [0.29, 0.717) is 17.9 Å². The summed E-state index contributed by atoms with van der Waals surface area (Å²) in [5.74, 6) is 0.359. The molecule has 3 heteroatoms. The van der Waals surface area contributed by atoms with Gasteiger partial charge in [-0.1, -0.05) is 0 Å². The zero-order valence-corrected chi connectivity index (χ0v) is 8.09. The van der Waals surface area contributed by atoms with Crippen molar-refractivity contribution in [2.24, 2.45) is 11.1 Å². The number of hydrogen-bond acceptors (Lipinski definition) is 2. The summed E-state index contributed by atoms with van der Waals surface area (Å²) in [7, 11) is 0. The standard InChI is InChI=1S/C10H18N2O/c11-5-1-6-12-7-4-10(2-3-10)8-9(12)13/h1-8,11H2. The van der Waals surface area contributed by atoms with Gasteiger partial charge in [-0.15, -0.1) is 0 Å². The van der Waals surface area contributed by atoms with E-state index in [1.165, 1.54) is 19.3 Å². The molecule has 2 rings (SSSR count). The van der Waals surface area contributed by atoms with E-state index in [2.05, 4.69) is 0 Å². The highest BCUT2D eigenvalue weighted by Crippen LogP contribution is 2.53. The van der Waals surface area contributed by atoms with Crippen molar-refractivity contribution < 1.29 is 4.79 Å². The number of hydrogen-bond donors (Lipinski definition) is 1. The Bertz CT molecular complexity index is 211. The molecule has 1 aliphatic carbocycles. The largest absolute Gasteiger partial charge is 0.343 e. The average Bonchev–Trinajstić information content (AvgIpc) is 2.84. The third-order valence-electron chi connectivity index (χ3n) is 3.38. The van der Waals surface area contributed by atoms with E-state index in [1.807, 2.05) is 4.90 Å². The molecule has 1 saturated carbocycles. The van der Waals surface area contributed by atoms with Crippen molar-refractivity contribution in [3.63, 3.8) is 0 Å². The first-order chi connectivity index (χ1) is 6.26. The number of amides is 1. The molecule has 13 heavy (non-hydrogen) atoms. The molecule has 0 atom stereocenters. The Balaban J connectivity index is 1.83. The molecule has 1 spiro atoms. The maximum absolute atomic E-state index is 11.6. The summed E-state index contributed by atoms with van der Waals surface area (Å²) >= 11 is 0. The first-order valence-electron chi connectivity index (χ1n) is 5.24. The van der Waals surface area contributed by atoms with E-state index in [9.17, 15) is 4.79 Å². The van der Waals surface area contributed by atoms with Crippen molar-refractivity contribution in [3.8, 4) is 0 Å². The van der Waals surface area contributed by atoms with Crippen molar-refractivity contribution in [3.05, 3.63) is 0 Å². The lowest BCUT2D eigenvalue weighted by Crippen LogP contribution is -2.40. The number of piperidine rings is 1. The first kappa shape index (κ1) is 9.00. The first-order valence-corrected chi connectivity index (χ1v) is 5.24. The average molecular weight is 182 g/mol. The van der Waals surface area contributed by atoms with Gasteiger partial charge in [0.15, 0.2) is 0 Å². The van der Waals surface area contributed by atoms with Gasteiger partial charge in [0, 0.05) is 19.5 Å². The minimum atomic E-state index is 0.359. The zero-order valence-electron chi connectivity index (χ0n) is 8.09. The maximum atomic E-state index is 11.6. The molecule has 1 aliphatic heterocycles. The predicted octanol–water partition coefficient (Wildman–Crippen LogP) is 0.738. The molecule has 2 N–H and O–H groups in total. The van der Waals surface area contributed by atoms with Gasteiger partial charge in [-0.25, -0.2) is 0 Å². The van der Waals surface area contributed by atoms with Crippen molar-refractivity contribution >= 4 is 5.91 Å². The molecule has 0 aromatic rings. The van der Waals surface area contributed by atoms with Crippen molar-refractivity contribution in [1.29, 1.82) is 0 Å². The van der Waals surface area contributed by atoms with Crippen LogP contribution in [0, 0.1) is 5.41 Å². The lowest BCUT2D eigenvalue weighted by molar-refractivity contribution is -0.135. The Kier molecular flexibility index (Phi) is 2.28. The molecular formula is C10H18N2O. The van der Waals surface area contributed by atoms with Crippen LogP contribution in [0.3, 0.4) is 0 Å². The molecule has 2 fully saturated rings. The molecule has 0 unspecified atom stereocenters. The third-order valence-corrected chi connectivity index (χ3v) is 3.38. The maximum Gasteiger partial charge on any atom is 0.223 e. The second-order valence-corrected chi connectivity index (χ2v) is 4.45. The van der Waals surface area contributed by atoms with Gasteiger partial charge in [0.1, 0.15) is 0 Å². The van der Waals surface area contributed by atoms with Crippen LogP contribution in [0.4, 0.5) is 0 Å². The molecule has 0 aromatic heterocycles. The molecular weight excluding hydrogens is 164 g/mol. The molecule has 1 heterocycles. The van der Waals surface area contributed by atoms with Crippen molar-refractivity contribution in [2.45, 2.75) is 32.1 Å². The van der Waals surface area contributed by atoms with Crippen LogP contribution in [0.25, 0.3) is 0 Å². The highest BCUT2D eigenvalue weighted by atomic mass is 16.2. The topological polar surface area (TPSA) is 46.3 Å². The summed E-state index contributed by atoms with van der Waals surface area (Å²) in [4.78, 5) is 13.6. The fraction of sp³-hybridized carbons (Fsp3) is 0.900. The number of rotatable bonds is 3. The number of nitrogens with two attached hydrogens (primary N) is 1. The molecule has 1 amide bonds. The van der Waals surface area contributed by atoms with Gasteiger partial charge >= 0.3 is 0 Å². The summed E-state index contributed by atoms with van der Waals surface area (Å²) in [5.41, 5.74) is 5.87. The number of likely N-dealkylation sites (tertiary alicyclic amines) is 1. The number of carbonyl (C=O) groups is 1. The van der Waals surface area contributed by atoms with Crippen LogP contribution >= 0.6 is 0 Å². The zero-order chi connectivity index (χ0) is 9.31. The Morgan fingerprint density at radius 2 is 2.15 bits per heavy atom. The SMILES string of the molecule is NCCCN1CCC2(CC2)CC1=O.